The number of hydrogen-bond acceptors (Lipinski definition) is 3. The third-order valence-corrected chi connectivity index (χ3v) is 6.50. The first-order chi connectivity index (χ1) is 10.3. The van der Waals surface area contributed by atoms with Crippen LogP contribution in [0.4, 0.5) is 0 Å². The Kier molecular flexibility index (Phi) is 4.08. The molecule has 0 saturated carbocycles. The maximum Gasteiger partial charge on any atom is 0.240 e. The van der Waals surface area contributed by atoms with E-state index in [1.54, 1.807) is 12.1 Å². The normalized spacial score (nSPS) is 28.8. The van der Waals surface area contributed by atoms with Crippen molar-refractivity contribution in [2.45, 2.75) is 50.0 Å². The van der Waals surface area contributed by atoms with Crippen LogP contribution in [0.25, 0.3) is 0 Å². The number of hydrogen-bond donors (Lipinski definition) is 1. The number of benzene rings is 1. The van der Waals surface area contributed by atoms with E-state index in [0.717, 1.165) is 38.0 Å². The van der Waals surface area contributed by atoms with Gasteiger partial charge in [-0.1, -0.05) is 32.9 Å². The third-order valence-electron chi connectivity index (χ3n) is 4.99. The summed E-state index contributed by atoms with van der Waals surface area (Å²) in [6, 6.07) is 7.36. The minimum atomic E-state index is -3.42. The van der Waals surface area contributed by atoms with Crippen molar-refractivity contribution in [3.63, 3.8) is 0 Å². The van der Waals surface area contributed by atoms with E-state index in [2.05, 4.69) is 30.4 Å². The van der Waals surface area contributed by atoms with Crippen LogP contribution in [0.1, 0.15) is 39.2 Å². The van der Waals surface area contributed by atoms with E-state index in [9.17, 15) is 8.42 Å². The van der Waals surface area contributed by atoms with Gasteiger partial charge in [-0.2, -0.15) is 0 Å². The standard InChI is InChI=1S/C17H26N2O2S/c1-17(2,3)14-4-6-15(7-5-14)22(20,21)18-16-12-19-10-8-13(16)9-11-19/h4-7,13,16,18H,8-12H2,1-3H3. The lowest BCUT2D eigenvalue weighted by Gasteiger charge is -2.44. The van der Waals surface area contributed by atoms with Gasteiger partial charge < -0.3 is 4.90 Å². The van der Waals surface area contributed by atoms with Crippen molar-refractivity contribution in [2.75, 3.05) is 19.6 Å². The van der Waals surface area contributed by atoms with Gasteiger partial charge in [-0.15, -0.1) is 0 Å². The van der Waals surface area contributed by atoms with Crippen molar-refractivity contribution >= 4 is 10.0 Å². The fourth-order valence-corrected chi connectivity index (χ4v) is 4.80. The highest BCUT2D eigenvalue weighted by Crippen LogP contribution is 2.29. The molecule has 5 heteroatoms. The van der Waals surface area contributed by atoms with E-state index in [-0.39, 0.29) is 11.5 Å². The molecule has 1 aromatic carbocycles. The van der Waals surface area contributed by atoms with E-state index in [1.807, 2.05) is 12.1 Å². The summed E-state index contributed by atoms with van der Waals surface area (Å²) in [5, 5.41) is 0. The van der Waals surface area contributed by atoms with Gasteiger partial charge in [-0.05, 0) is 55.0 Å². The highest BCUT2D eigenvalue weighted by molar-refractivity contribution is 7.89. The highest BCUT2D eigenvalue weighted by Gasteiger charge is 2.36. The van der Waals surface area contributed by atoms with Crippen molar-refractivity contribution in [3.05, 3.63) is 29.8 Å². The molecule has 3 heterocycles. The Morgan fingerprint density at radius 2 is 1.68 bits per heavy atom. The number of sulfonamides is 1. The van der Waals surface area contributed by atoms with Gasteiger partial charge >= 0.3 is 0 Å². The average molecular weight is 322 g/mol. The maximum absolute atomic E-state index is 12.6. The van der Waals surface area contributed by atoms with E-state index in [4.69, 9.17) is 0 Å². The summed E-state index contributed by atoms with van der Waals surface area (Å²) in [5.74, 6) is 0.494. The largest absolute Gasteiger partial charge is 0.302 e. The molecule has 3 saturated heterocycles. The highest BCUT2D eigenvalue weighted by atomic mass is 32.2. The van der Waals surface area contributed by atoms with Gasteiger partial charge in [0.1, 0.15) is 0 Å². The number of rotatable bonds is 3. The van der Waals surface area contributed by atoms with Gasteiger partial charge in [-0.25, -0.2) is 13.1 Å². The first-order valence-electron chi connectivity index (χ1n) is 8.11. The molecule has 1 N–H and O–H groups in total. The molecular formula is C17H26N2O2S. The number of nitrogens with one attached hydrogen (secondary N) is 1. The zero-order valence-electron chi connectivity index (χ0n) is 13.7. The van der Waals surface area contributed by atoms with Crippen LogP contribution >= 0.6 is 0 Å². The lowest BCUT2D eigenvalue weighted by molar-refractivity contribution is 0.0827. The van der Waals surface area contributed by atoms with Crippen LogP contribution < -0.4 is 4.72 Å². The minimum Gasteiger partial charge on any atom is -0.302 e. The quantitative estimate of drug-likeness (QED) is 0.929. The van der Waals surface area contributed by atoms with Crippen molar-refractivity contribution < 1.29 is 8.42 Å². The molecule has 3 fully saturated rings. The lowest BCUT2D eigenvalue weighted by atomic mass is 9.85. The summed E-state index contributed by atoms with van der Waals surface area (Å²) >= 11 is 0. The molecule has 2 bridgehead atoms. The summed E-state index contributed by atoms with van der Waals surface area (Å²) in [6.07, 6.45) is 2.21. The van der Waals surface area contributed by atoms with Gasteiger partial charge in [0.25, 0.3) is 0 Å². The molecule has 4 nitrogen and oxygen atoms in total. The number of nitrogens with zero attached hydrogens (tertiary/aromatic N) is 1. The molecule has 0 spiro atoms. The third kappa shape index (κ3) is 3.21. The SMILES string of the molecule is CC(C)(C)c1ccc(S(=O)(=O)NC2CN3CCC2CC3)cc1. The summed E-state index contributed by atoms with van der Waals surface area (Å²) in [7, 11) is -3.42. The molecule has 0 amide bonds. The van der Waals surface area contributed by atoms with Gasteiger partial charge in [0.2, 0.25) is 10.0 Å². The zero-order valence-corrected chi connectivity index (χ0v) is 14.5. The Balaban J connectivity index is 1.75. The van der Waals surface area contributed by atoms with Crippen LogP contribution in [0.5, 0.6) is 0 Å². The molecule has 0 aliphatic carbocycles. The maximum atomic E-state index is 12.6. The van der Waals surface area contributed by atoms with Gasteiger partial charge in [0, 0.05) is 12.6 Å². The Morgan fingerprint density at radius 3 is 2.14 bits per heavy atom. The lowest BCUT2D eigenvalue weighted by Crippen LogP contribution is -2.57. The monoisotopic (exact) mass is 322 g/mol. The molecule has 1 aromatic rings. The Bertz CT molecular complexity index is 624. The molecule has 0 aromatic heterocycles. The molecule has 1 unspecified atom stereocenters. The van der Waals surface area contributed by atoms with E-state index < -0.39 is 10.0 Å². The fourth-order valence-electron chi connectivity index (χ4n) is 3.50. The molecule has 3 aliphatic rings. The van der Waals surface area contributed by atoms with Crippen LogP contribution in [-0.2, 0) is 15.4 Å². The smallest absolute Gasteiger partial charge is 0.240 e. The molecule has 3 aliphatic heterocycles. The summed E-state index contributed by atoms with van der Waals surface area (Å²) in [6.45, 7) is 9.46. The van der Waals surface area contributed by atoms with Crippen LogP contribution in [-0.4, -0.2) is 39.0 Å². The van der Waals surface area contributed by atoms with E-state index in [0.29, 0.717) is 10.8 Å². The summed E-state index contributed by atoms with van der Waals surface area (Å²) in [4.78, 5) is 2.73. The average Bonchev–Trinajstić information content (AvgIpc) is 2.47. The van der Waals surface area contributed by atoms with E-state index >= 15 is 0 Å². The van der Waals surface area contributed by atoms with Crippen LogP contribution in [0, 0.1) is 5.92 Å². The predicted molar refractivity (Wildman–Crippen MR) is 88.4 cm³/mol. The summed E-state index contributed by atoms with van der Waals surface area (Å²) in [5.41, 5.74) is 1.18. The van der Waals surface area contributed by atoms with Crippen molar-refractivity contribution in [1.82, 2.24) is 9.62 Å². The first kappa shape index (κ1) is 16.0. The molecule has 0 radical (unpaired) electrons. The van der Waals surface area contributed by atoms with Crippen molar-refractivity contribution in [3.8, 4) is 0 Å². The predicted octanol–water partition coefficient (Wildman–Crippen LogP) is 2.36. The van der Waals surface area contributed by atoms with Crippen LogP contribution in [0.3, 0.4) is 0 Å². The van der Waals surface area contributed by atoms with Gasteiger partial charge in [0.05, 0.1) is 4.90 Å². The Labute approximate surface area is 134 Å². The molecule has 4 rings (SSSR count). The number of piperidine rings is 3. The summed E-state index contributed by atoms with van der Waals surface area (Å²) < 4.78 is 28.1. The first-order valence-corrected chi connectivity index (χ1v) is 9.59. The topological polar surface area (TPSA) is 49.4 Å². The van der Waals surface area contributed by atoms with Crippen LogP contribution in [0.15, 0.2) is 29.2 Å². The molecule has 122 valence electrons. The zero-order chi connectivity index (χ0) is 16.0. The fraction of sp³-hybridized carbons (Fsp3) is 0.647. The molecule has 1 atom stereocenters. The molecular weight excluding hydrogens is 296 g/mol. The second kappa shape index (κ2) is 5.62. The van der Waals surface area contributed by atoms with Gasteiger partial charge in [0.15, 0.2) is 0 Å². The van der Waals surface area contributed by atoms with E-state index in [1.165, 1.54) is 0 Å². The second-order valence-corrected chi connectivity index (χ2v) is 9.35. The van der Waals surface area contributed by atoms with Crippen LogP contribution in [0.2, 0.25) is 0 Å². The second-order valence-electron chi connectivity index (χ2n) is 7.64. The Hall–Kier alpha value is -0.910. The number of fused-ring (bicyclic) bond motifs is 3. The minimum absolute atomic E-state index is 0.0333. The Morgan fingerprint density at radius 1 is 1.09 bits per heavy atom. The van der Waals surface area contributed by atoms with Crippen molar-refractivity contribution in [2.24, 2.45) is 5.92 Å². The van der Waals surface area contributed by atoms with Crippen molar-refractivity contribution in [1.29, 1.82) is 0 Å². The molecule has 22 heavy (non-hydrogen) atoms. The van der Waals surface area contributed by atoms with Gasteiger partial charge in [-0.3, -0.25) is 0 Å².